The van der Waals surface area contributed by atoms with E-state index >= 15 is 0 Å². The maximum atomic E-state index is 12.2. The number of para-hydroxylation sites is 1. The van der Waals surface area contributed by atoms with Crippen LogP contribution in [0.15, 0.2) is 52.4 Å². The number of hydrogen-bond acceptors (Lipinski definition) is 5. The molecule has 1 saturated heterocycles. The lowest BCUT2D eigenvalue weighted by Crippen LogP contribution is -2.19. The van der Waals surface area contributed by atoms with Crippen LogP contribution in [0, 0.1) is 6.92 Å². The Morgan fingerprint density at radius 2 is 2.04 bits per heavy atom. The summed E-state index contributed by atoms with van der Waals surface area (Å²) in [5.74, 6) is -0.609. The van der Waals surface area contributed by atoms with Crippen LogP contribution in [0.2, 0.25) is 0 Å². The van der Waals surface area contributed by atoms with Gasteiger partial charge in [-0.3, -0.25) is 4.79 Å². The number of carbonyl (C=O) groups is 2. The number of carboxylic acids is 1. The molecule has 1 fully saturated rings. The number of aromatic carboxylic acids is 1. The number of aliphatic imine (C=N–C) groups is 1. The van der Waals surface area contributed by atoms with E-state index in [0.29, 0.717) is 21.5 Å². The molecule has 0 unspecified atom stereocenters. The van der Waals surface area contributed by atoms with Gasteiger partial charge in [0.2, 0.25) is 0 Å². The maximum absolute atomic E-state index is 12.2. The number of thioether (sulfide) groups is 1. The quantitative estimate of drug-likeness (QED) is 0.805. The van der Waals surface area contributed by atoms with Crippen molar-refractivity contribution in [3.8, 4) is 5.75 Å². The van der Waals surface area contributed by atoms with Crippen LogP contribution in [0.4, 0.5) is 5.69 Å². The van der Waals surface area contributed by atoms with Gasteiger partial charge in [0.1, 0.15) is 5.75 Å². The number of hydrogen-bond donors (Lipinski definition) is 2. The van der Waals surface area contributed by atoms with Crippen LogP contribution >= 0.6 is 11.8 Å². The monoisotopic (exact) mass is 368 g/mol. The molecule has 1 amide bonds. The number of carboxylic acid groups (broad SMARTS) is 1. The van der Waals surface area contributed by atoms with Gasteiger partial charge in [0.15, 0.2) is 5.17 Å². The third kappa shape index (κ3) is 3.78. The van der Waals surface area contributed by atoms with Crippen LogP contribution in [0.3, 0.4) is 0 Å². The molecule has 7 heteroatoms. The zero-order valence-electron chi connectivity index (χ0n) is 14.1. The molecule has 6 nitrogen and oxygen atoms in total. The number of aryl methyl sites for hydroxylation is 1. The molecule has 1 aliphatic heterocycles. The molecule has 2 aromatic rings. The molecule has 1 aliphatic rings. The predicted molar refractivity (Wildman–Crippen MR) is 102 cm³/mol. The van der Waals surface area contributed by atoms with Gasteiger partial charge in [-0.2, -0.15) is 0 Å². The molecule has 0 radical (unpaired) electrons. The number of amidine groups is 1. The molecule has 0 spiro atoms. The van der Waals surface area contributed by atoms with Crippen LogP contribution in [-0.4, -0.2) is 29.3 Å². The lowest BCUT2D eigenvalue weighted by atomic mass is 10.1. The third-order valence-electron chi connectivity index (χ3n) is 3.75. The maximum Gasteiger partial charge on any atom is 0.335 e. The molecule has 0 aliphatic carbocycles. The first kappa shape index (κ1) is 17.8. The topological polar surface area (TPSA) is 88.0 Å². The number of ether oxygens (including phenoxy) is 1. The highest BCUT2D eigenvalue weighted by Gasteiger charge is 2.24. The Labute approximate surface area is 154 Å². The molecular weight excluding hydrogens is 352 g/mol. The summed E-state index contributed by atoms with van der Waals surface area (Å²) in [6, 6.07) is 12.1. The minimum Gasteiger partial charge on any atom is -0.496 e. The van der Waals surface area contributed by atoms with Crippen LogP contribution in [0.1, 0.15) is 21.5 Å². The number of methoxy groups -OCH3 is 1. The van der Waals surface area contributed by atoms with Gasteiger partial charge in [0.05, 0.1) is 23.3 Å². The molecule has 3 rings (SSSR count). The van der Waals surface area contributed by atoms with Gasteiger partial charge in [0.25, 0.3) is 5.91 Å². The first-order valence-electron chi connectivity index (χ1n) is 7.74. The van der Waals surface area contributed by atoms with Crippen LogP contribution in [0.5, 0.6) is 5.75 Å². The van der Waals surface area contributed by atoms with E-state index < -0.39 is 5.97 Å². The van der Waals surface area contributed by atoms with E-state index in [1.165, 1.54) is 23.9 Å². The lowest BCUT2D eigenvalue weighted by molar-refractivity contribution is -0.115. The van der Waals surface area contributed by atoms with Gasteiger partial charge in [0, 0.05) is 5.56 Å². The Morgan fingerprint density at radius 1 is 1.27 bits per heavy atom. The van der Waals surface area contributed by atoms with Crippen LogP contribution < -0.4 is 10.1 Å². The fraction of sp³-hybridized carbons (Fsp3) is 0.105. The van der Waals surface area contributed by atoms with Gasteiger partial charge < -0.3 is 15.2 Å². The number of benzene rings is 2. The van der Waals surface area contributed by atoms with E-state index in [1.807, 2.05) is 31.2 Å². The Bertz CT molecular complexity index is 950. The van der Waals surface area contributed by atoms with Crippen LogP contribution in [0.25, 0.3) is 6.08 Å². The Kier molecular flexibility index (Phi) is 5.09. The Hall–Kier alpha value is -3.06. The number of amides is 1. The molecule has 0 aromatic heterocycles. The lowest BCUT2D eigenvalue weighted by Gasteiger charge is -2.04. The summed E-state index contributed by atoms with van der Waals surface area (Å²) in [6.07, 6.45) is 1.74. The average molecular weight is 368 g/mol. The molecule has 132 valence electrons. The number of rotatable bonds is 4. The van der Waals surface area contributed by atoms with Gasteiger partial charge in [-0.25, -0.2) is 9.79 Å². The number of nitrogens with one attached hydrogen (secondary N) is 1. The molecule has 2 aromatic carbocycles. The minimum atomic E-state index is -1.02. The molecular formula is C19H16N2O4S. The number of carbonyl (C=O) groups excluding carboxylic acids is 1. The Balaban J connectivity index is 1.90. The second kappa shape index (κ2) is 7.45. The summed E-state index contributed by atoms with van der Waals surface area (Å²) in [5.41, 5.74) is 2.26. The third-order valence-corrected chi connectivity index (χ3v) is 4.66. The summed E-state index contributed by atoms with van der Waals surface area (Å²) in [7, 11) is 1.57. The standard InChI is InChI=1S/C19H16N2O4S/c1-11-7-8-13(18(23)24)9-14(11)20-19-21-17(22)16(26-19)10-12-5-3-4-6-15(12)25-2/h3-10H,1-2H3,(H,23,24)(H,20,21,22). The van der Waals surface area contributed by atoms with E-state index in [1.54, 1.807) is 19.3 Å². The minimum absolute atomic E-state index is 0.147. The average Bonchev–Trinajstić information content (AvgIpc) is 2.96. The fourth-order valence-corrected chi connectivity index (χ4v) is 3.21. The van der Waals surface area contributed by atoms with Crippen molar-refractivity contribution in [1.82, 2.24) is 5.32 Å². The van der Waals surface area contributed by atoms with Crippen molar-refractivity contribution in [3.63, 3.8) is 0 Å². The molecule has 0 saturated carbocycles. The van der Waals surface area contributed by atoms with Crippen molar-refractivity contribution in [2.24, 2.45) is 4.99 Å². The highest BCUT2D eigenvalue weighted by Crippen LogP contribution is 2.31. The van der Waals surface area contributed by atoms with E-state index in [4.69, 9.17) is 9.84 Å². The smallest absolute Gasteiger partial charge is 0.335 e. The molecule has 1 heterocycles. The van der Waals surface area contributed by atoms with Crippen molar-refractivity contribution < 1.29 is 19.4 Å². The van der Waals surface area contributed by atoms with Crippen molar-refractivity contribution >= 4 is 40.6 Å². The van der Waals surface area contributed by atoms with E-state index in [2.05, 4.69) is 10.3 Å². The number of nitrogens with zero attached hydrogens (tertiary/aromatic N) is 1. The molecule has 0 bridgehead atoms. The molecule has 0 atom stereocenters. The summed E-state index contributed by atoms with van der Waals surface area (Å²) in [4.78, 5) is 28.2. The normalized spacial score (nSPS) is 16.8. The zero-order chi connectivity index (χ0) is 18.7. The van der Waals surface area contributed by atoms with Crippen LogP contribution in [-0.2, 0) is 4.79 Å². The first-order valence-corrected chi connectivity index (χ1v) is 8.56. The first-order chi connectivity index (χ1) is 12.5. The highest BCUT2D eigenvalue weighted by molar-refractivity contribution is 8.18. The fourth-order valence-electron chi connectivity index (χ4n) is 2.38. The molecule has 2 N–H and O–H groups in total. The van der Waals surface area contributed by atoms with Gasteiger partial charge in [-0.15, -0.1) is 0 Å². The predicted octanol–water partition coefficient (Wildman–Crippen LogP) is 3.59. The van der Waals surface area contributed by atoms with Crippen molar-refractivity contribution in [2.45, 2.75) is 6.92 Å². The Morgan fingerprint density at radius 3 is 2.77 bits per heavy atom. The van der Waals surface area contributed by atoms with Gasteiger partial charge >= 0.3 is 5.97 Å². The van der Waals surface area contributed by atoms with Crippen molar-refractivity contribution in [1.29, 1.82) is 0 Å². The highest BCUT2D eigenvalue weighted by atomic mass is 32.2. The van der Waals surface area contributed by atoms with E-state index in [0.717, 1.165) is 11.1 Å². The van der Waals surface area contributed by atoms with Crippen molar-refractivity contribution in [3.05, 3.63) is 64.1 Å². The van der Waals surface area contributed by atoms with E-state index in [9.17, 15) is 9.59 Å². The zero-order valence-corrected chi connectivity index (χ0v) is 15.0. The molecule has 26 heavy (non-hydrogen) atoms. The summed E-state index contributed by atoms with van der Waals surface area (Å²) in [6.45, 7) is 1.83. The summed E-state index contributed by atoms with van der Waals surface area (Å²) < 4.78 is 5.29. The van der Waals surface area contributed by atoms with Gasteiger partial charge in [-0.1, -0.05) is 24.3 Å². The summed E-state index contributed by atoms with van der Waals surface area (Å²) >= 11 is 1.20. The van der Waals surface area contributed by atoms with E-state index in [-0.39, 0.29) is 11.5 Å². The summed E-state index contributed by atoms with van der Waals surface area (Å²) in [5, 5.41) is 12.2. The second-order valence-electron chi connectivity index (χ2n) is 5.53. The van der Waals surface area contributed by atoms with Crippen molar-refractivity contribution in [2.75, 3.05) is 7.11 Å². The SMILES string of the molecule is COc1ccccc1C=C1SC(=Nc2cc(C(=O)O)ccc2C)NC1=O. The largest absolute Gasteiger partial charge is 0.496 e. The second-order valence-corrected chi connectivity index (χ2v) is 6.56. The van der Waals surface area contributed by atoms with Gasteiger partial charge in [-0.05, 0) is 48.5 Å².